The largest absolute Gasteiger partial charge is 0.396 e. The van der Waals surface area contributed by atoms with Gasteiger partial charge in [-0.15, -0.1) is 0 Å². The van der Waals surface area contributed by atoms with Crippen molar-refractivity contribution in [3.05, 3.63) is 33.8 Å². The van der Waals surface area contributed by atoms with E-state index in [2.05, 4.69) is 15.9 Å². The van der Waals surface area contributed by atoms with Crippen molar-refractivity contribution in [2.24, 2.45) is 5.92 Å². The van der Waals surface area contributed by atoms with E-state index in [4.69, 9.17) is 5.11 Å². The molecule has 0 spiro atoms. The zero-order valence-corrected chi connectivity index (χ0v) is 11.4. The fraction of sp³-hybridized carbons (Fsp3) is 0.462. The summed E-state index contributed by atoms with van der Waals surface area (Å²) in [6.07, 6.45) is 0.898. The Labute approximate surface area is 110 Å². The van der Waals surface area contributed by atoms with Gasteiger partial charge in [0.15, 0.2) is 0 Å². The molecule has 1 atom stereocenters. The van der Waals surface area contributed by atoms with Crippen LogP contribution in [0.2, 0.25) is 0 Å². The Morgan fingerprint density at radius 2 is 2.35 bits per heavy atom. The first kappa shape index (κ1) is 12.6. The Morgan fingerprint density at radius 1 is 1.59 bits per heavy atom. The predicted molar refractivity (Wildman–Crippen MR) is 70.0 cm³/mol. The van der Waals surface area contributed by atoms with Crippen LogP contribution in [0.3, 0.4) is 0 Å². The molecule has 0 aromatic heterocycles. The third-order valence-electron chi connectivity index (χ3n) is 3.25. The van der Waals surface area contributed by atoms with Gasteiger partial charge in [0.25, 0.3) is 5.91 Å². The molecule has 4 heteroatoms. The molecule has 1 fully saturated rings. The molecule has 0 bridgehead atoms. The van der Waals surface area contributed by atoms with Gasteiger partial charge in [0, 0.05) is 35.7 Å². The van der Waals surface area contributed by atoms with Gasteiger partial charge in [-0.25, -0.2) is 0 Å². The second-order valence-electron chi connectivity index (χ2n) is 4.55. The van der Waals surface area contributed by atoms with Crippen LogP contribution in [-0.2, 0) is 0 Å². The number of carbonyl (C=O) groups is 1. The fourth-order valence-corrected chi connectivity index (χ4v) is 2.45. The molecule has 1 amide bonds. The summed E-state index contributed by atoms with van der Waals surface area (Å²) in [5.74, 6) is 0.300. The SMILES string of the molecule is Cc1ccc(C(=O)N2CCC(CO)C2)cc1Br. The van der Waals surface area contributed by atoms with E-state index >= 15 is 0 Å². The first-order valence-electron chi connectivity index (χ1n) is 5.78. The van der Waals surface area contributed by atoms with Crippen molar-refractivity contribution < 1.29 is 9.90 Å². The van der Waals surface area contributed by atoms with Crippen LogP contribution in [0.25, 0.3) is 0 Å². The topological polar surface area (TPSA) is 40.5 Å². The van der Waals surface area contributed by atoms with Crippen molar-refractivity contribution in [2.75, 3.05) is 19.7 Å². The Kier molecular flexibility index (Phi) is 3.84. The molecular formula is C13H16BrNO2. The van der Waals surface area contributed by atoms with E-state index in [-0.39, 0.29) is 18.4 Å². The molecule has 17 heavy (non-hydrogen) atoms. The second kappa shape index (κ2) is 5.19. The molecule has 1 N–H and O–H groups in total. The summed E-state index contributed by atoms with van der Waals surface area (Å²) in [6.45, 7) is 3.58. The fourth-order valence-electron chi connectivity index (χ4n) is 2.07. The summed E-state index contributed by atoms with van der Waals surface area (Å²) in [5.41, 5.74) is 1.83. The number of aliphatic hydroxyl groups is 1. The highest BCUT2D eigenvalue weighted by atomic mass is 79.9. The first-order valence-corrected chi connectivity index (χ1v) is 6.57. The molecule has 92 valence electrons. The van der Waals surface area contributed by atoms with Crippen LogP contribution in [0, 0.1) is 12.8 Å². The summed E-state index contributed by atoms with van der Waals surface area (Å²) >= 11 is 3.44. The molecule has 1 aliphatic heterocycles. The average Bonchev–Trinajstić information content (AvgIpc) is 2.80. The van der Waals surface area contributed by atoms with Crippen molar-refractivity contribution in [1.29, 1.82) is 0 Å². The van der Waals surface area contributed by atoms with E-state index < -0.39 is 0 Å². The minimum Gasteiger partial charge on any atom is -0.396 e. The standard InChI is InChI=1S/C13H16BrNO2/c1-9-2-3-11(6-12(9)14)13(17)15-5-4-10(7-15)8-16/h2-3,6,10,16H,4-5,7-8H2,1H3. The van der Waals surface area contributed by atoms with Crippen LogP contribution in [0.4, 0.5) is 0 Å². The predicted octanol–water partition coefficient (Wildman–Crippen LogP) is 2.21. The molecule has 2 rings (SSSR count). The number of rotatable bonds is 2. The molecule has 1 aromatic carbocycles. The van der Waals surface area contributed by atoms with Gasteiger partial charge >= 0.3 is 0 Å². The van der Waals surface area contributed by atoms with Gasteiger partial charge in [-0.1, -0.05) is 22.0 Å². The lowest BCUT2D eigenvalue weighted by atomic mass is 10.1. The van der Waals surface area contributed by atoms with Gasteiger partial charge in [-0.05, 0) is 31.0 Å². The lowest BCUT2D eigenvalue weighted by molar-refractivity contribution is 0.0782. The van der Waals surface area contributed by atoms with E-state index in [1.165, 1.54) is 0 Å². The molecule has 1 aliphatic rings. The zero-order valence-electron chi connectivity index (χ0n) is 9.82. The van der Waals surface area contributed by atoms with Crippen LogP contribution >= 0.6 is 15.9 Å². The Balaban J connectivity index is 2.12. The number of halogens is 1. The average molecular weight is 298 g/mol. The molecule has 1 saturated heterocycles. The van der Waals surface area contributed by atoms with Crippen molar-refractivity contribution >= 4 is 21.8 Å². The number of hydrogen-bond donors (Lipinski definition) is 1. The number of likely N-dealkylation sites (tertiary alicyclic amines) is 1. The van der Waals surface area contributed by atoms with Gasteiger partial charge in [0.2, 0.25) is 0 Å². The second-order valence-corrected chi connectivity index (χ2v) is 5.41. The number of hydrogen-bond acceptors (Lipinski definition) is 2. The highest BCUT2D eigenvalue weighted by Crippen LogP contribution is 2.21. The number of benzene rings is 1. The van der Waals surface area contributed by atoms with Crippen molar-refractivity contribution in [2.45, 2.75) is 13.3 Å². The maximum absolute atomic E-state index is 12.2. The number of nitrogens with zero attached hydrogens (tertiary/aromatic N) is 1. The van der Waals surface area contributed by atoms with E-state index in [0.717, 1.165) is 23.0 Å². The van der Waals surface area contributed by atoms with Crippen LogP contribution < -0.4 is 0 Å². The van der Waals surface area contributed by atoms with Crippen molar-refractivity contribution in [3.8, 4) is 0 Å². The normalized spacial score (nSPS) is 19.7. The van der Waals surface area contributed by atoms with Crippen molar-refractivity contribution in [1.82, 2.24) is 4.90 Å². The molecule has 3 nitrogen and oxygen atoms in total. The number of aryl methyl sites for hydroxylation is 1. The minimum atomic E-state index is 0.0571. The Bertz CT molecular complexity index is 433. The van der Waals surface area contributed by atoms with E-state index in [9.17, 15) is 4.79 Å². The lowest BCUT2D eigenvalue weighted by Crippen LogP contribution is -2.29. The summed E-state index contributed by atoms with van der Waals surface area (Å²) in [5, 5.41) is 9.07. The summed E-state index contributed by atoms with van der Waals surface area (Å²) < 4.78 is 0.959. The highest BCUT2D eigenvalue weighted by molar-refractivity contribution is 9.10. The lowest BCUT2D eigenvalue weighted by Gasteiger charge is -2.16. The van der Waals surface area contributed by atoms with Crippen LogP contribution in [0.15, 0.2) is 22.7 Å². The highest BCUT2D eigenvalue weighted by Gasteiger charge is 2.26. The van der Waals surface area contributed by atoms with E-state index in [1.54, 1.807) is 0 Å². The third-order valence-corrected chi connectivity index (χ3v) is 4.10. The molecule has 0 aliphatic carbocycles. The number of aliphatic hydroxyl groups excluding tert-OH is 1. The van der Waals surface area contributed by atoms with Gasteiger partial charge < -0.3 is 10.0 Å². The van der Waals surface area contributed by atoms with Gasteiger partial charge in [0.1, 0.15) is 0 Å². The minimum absolute atomic E-state index is 0.0571. The van der Waals surface area contributed by atoms with Gasteiger partial charge in [0.05, 0.1) is 0 Å². The quantitative estimate of drug-likeness (QED) is 0.909. The Hall–Kier alpha value is -0.870. The summed E-state index contributed by atoms with van der Waals surface area (Å²) in [6, 6.07) is 5.66. The molecule has 1 heterocycles. The summed E-state index contributed by atoms with van der Waals surface area (Å²) in [4.78, 5) is 14.0. The van der Waals surface area contributed by atoms with Crippen molar-refractivity contribution in [3.63, 3.8) is 0 Å². The smallest absolute Gasteiger partial charge is 0.253 e. The monoisotopic (exact) mass is 297 g/mol. The summed E-state index contributed by atoms with van der Waals surface area (Å²) in [7, 11) is 0. The molecule has 1 aromatic rings. The molecule has 0 radical (unpaired) electrons. The molecule has 0 saturated carbocycles. The van der Waals surface area contributed by atoms with E-state index in [1.807, 2.05) is 30.0 Å². The number of amides is 1. The van der Waals surface area contributed by atoms with Gasteiger partial charge in [-0.2, -0.15) is 0 Å². The zero-order chi connectivity index (χ0) is 12.4. The Morgan fingerprint density at radius 3 is 2.94 bits per heavy atom. The maximum atomic E-state index is 12.2. The molecular weight excluding hydrogens is 282 g/mol. The number of carbonyl (C=O) groups excluding carboxylic acids is 1. The van der Waals surface area contributed by atoms with Crippen LogP contribution in [0.5, 0.6) is 0 Å². The van der Waals surface area contributed by atoms with Crippen LogP contribution in [-0.4, -0.2) is 35.6 Å². The van der Waals surface area contributed by atoms with E-state index in [0.29, 0.717) is 12.1 Å². The molecule has 1 unspecified atom stereocenters. The maximum Gasteiger partial charge on any atom is 0.253 e. The third kappa shape index (κ3) is 2.69. The van der Waals surface area contributed by atoms with Crippen LogP contribution in [0.1, 0.15) is 22.3 Å². The first-order chi connectivity index (χ1) is 8.11. The van der Waals surface area contributed by atoms with Gasteiger partial charge in [-0.3, -0.25) is 4.79 Å².